The van der Waals surface area contributed by atoms with Crippen LogP contribution < -0.4 is 0 Å². The van der Waals surface area contributed by atoms with Crippen LogP contribution in [-0.4, -0.2) is 15.2 Å². The van der Waals surface area contributed by atoms with Gasteiger partial charge in [0.15, 0.2) is 0 Å². The zero-order valence-electron chi connectivity index (χ0n) is 11.2. The maximum Gasteiger partial charge on any atom is 0.130 e. The molecule has 0 spiro atoms. The molecule has 0 bridgehead atoms. The van der Waals surface area contributed by atoms with Gasteiger partial charge in [-0.15, -0.1) is 0 Å². The van der Waals surface area contributed by atoms with Crippen LogP contribution in [0.1, 0.15) is 63.4 Å². The summed E-state index contributed by atoms with van der Waals surface area (Å²) < 4.78 is 0.719. The quantitative estimate of drug-likeness (QED) is 0.802. The number of aromatic nitrogens is 2. The molecule has 0 aliphatic heterocycles. The molecule has 1 aromatic rings. The van der Waals surface area contributed by atoms with Gasteiger partial charge in [0.2, 0.25) is 0 Å². The minimum atomic E-state index is 0.480. The van der Waals surface area contributed by atoms with Gasteiger partial charge in [0.05, 0.1) is 5.75 Å². The van der Waals surface area contributed by atoms with Crippen LogP contribution in [0.15, 0.2) is 6.07 Å². The van der Waals surface area contributed by atoms with Gasteiger partial charge in [0.25, 0.3) is 0 Å². The number of hydrogen-bond donors (Lipinski definition) is 1. The summed E-state index contributed by atoms with van der Waals surface area (Å²) in [5.41, 5.74) is 1.20. The molecule has 100 valence electrons. The van der Waals surface area contributed by atoms with E-state index in [1.54, 1.807) is 0 Å². The molecule has 1 heterocycles. The maximum atomic E-state index is 5.24. The van der Waals surface area contributed by atoms with Gasteiger partial charge in [-0.2, -0.15) is 11.8 Å². The summed E-state index contributed by atoms with van der Waals surface area (Å²) in [7, 11) is 0. The molecule has 1 fully saturated rings. The highest BCUT2D eigenvalue weighted by Crippen LogP contribution is 2.29. The Kier molecular flexibility index (Phi) is 5.25. The van der Waals surface area contributed by atoms with E-state index in [0.29, 0.717) is 5.92 Å². The molecule has 0 atom stereocenters. The van der Waals surface area contributed by atoms with Gasteiger partial charge in [-0.3, -0.25) is 0 Å². The fourth-order valence-electron chi connectivity index (χ4n) is 2.34. The van der Waals surface area contributed by atoms with E-state index in [-0.39, 0.29) is 0 Å². The molecule has 0 radical (unpaired) electrons. The Bertz CT molecular complexity index is 434. The molecule has 0 aromatic carbocycles. The maximum absolute atomic E-state index is 5.24. The SMILES string of the molecule is CC(C)c1cc(=S)nc(CSC2CCCCC2)[nH]1. The van der Waals surface area contributed by atoms with Crippen molar-refractivity contribution in [1.29, 1.82) is 0 Å². The van der Waals surface area contributed by atoms with E-state index in [9.17, 15) is 0 Å². The predicted octanol–water partition coefficient (Wildman–Crippen LogP) is 4.83. The number of aromatic amines is 1. The van der Waals surface area contributed by atoms with Gasteiger partial charge >= 0.3 is 0 Å². The number of thioether (sulfide) groups is 1. The van der Waals surface area contributed by atoms with Crippen molar-refractivity contribution in [2.75, 3.05) is 0 Å². The van der Waals surface area contributed by atoms with Gasteiger partial charge in [-0.25, -0.2) is 4.98 Å². The first kappa shape index (κ1) is 14.1. The zero-order valence-corrected chi connectivity index (χ0v) is 12.9. The molecule has 18 heavy (non-hydrogen) atoms. The molecule has 0 unspecified atom stereocenters. The van der Waals surface area contributed by atoms with Crippen molar-refractivity contribution in [3.05, 3.63) is 22.2 Å². The standard InChI is InChI=1S/C14H22N2S2/c1-10(2)12-8-14(17)16-13(15-12)9-18-11-6-4-3-5-7-11/h8,10-11H,3-7,9H2,1-2H3,(H,15,16,17). The van der Waals surface area contributed by atoms with Gasteiger partial charge in [-0.1, -0.05) is 45.3 Å². The minimum Gasteiger partial charge on any atom is -0.346 e. The molecule has 4 heteroatoms. The van der Waals surface area contributed by atoms with Crippen molar-refractivity contribution in [3.63, 3.8) is 0 Å². The van der Waals surface area contributed by atoms with E-state index in [1.807, 2.05) is 17.8 Å². The largest absolute Gasteiger partial charge is 0.346 e. The van der Waals surface area contributed by atoms with E-state index in [4.69, 9.17) is 12.2 Å². The Morgan fingerprint density at radius 3 is 2.78 bits per heavy atom. The number of rotatable bonds is 4. The molecule has 1 aromatic heterocycles. The Morgan fingerprint density at radius 2 is 2.11 bits per heavy atom. The Morgan fingerprint density at radius 1 is 1.39 bits per heavy atom. The second-order valence-electron chi connectivity index (χ2n) is 5.35. The Hall–Kier alpha value is -0.350. The third-order valence-corrected chi connectivity index (χ3v) is 5.03. The molecule has 1 N–H and O–H groups in total. The van der Waals surface area contributed by atoms with E-state index >= 15 is 0 Å². The summed E-state index contributed by atoms with van der Waals surface area (Å²) in [6.07, 6.45) is 6.95. The van der Waals surface area contributed by atoms with Crippen LogP contribution in [0.3, 0.4) is 0 Å². The Balaban J connectivity index is 1.97. The van der Waals surface area contributed by atoms with E-state index < -0.39 is 0 Å². The molecule has 2 nitrogen and oxygen atoms in total. The molecule has 0 amide bonds. The van der Waals surface area contributed by atoms with Crippen LogP contribution in [0.5, 0.6) is 0 Å². The van der Waals surface area contributed by atoms with Crippen LogP contribution >= 0.6 is 24.0 Å². The first-order chi connectivity index (χ1) is 8.65. The smallest absolute Gasteiger partial charge is 0.130 e. The van der Waals surface area contributed by atoms with Crippen LogP contribution in [0.4, 0.5) is 0 Å². The van der Waals surface area contributed by atoms with E-state index in [2.05, 4.69) is 23.8 Å². The fourth-order valence-corrected chi connectivity index (χ4v) is 3.77. The molecule has 1 aliphatic rings. The van der Waals surface area contributed by atoms with Crippen molar-refractivity contribution in [1.82, 2.24) is 9.97 Å². The highest BCUT2D eigenvalue weighted by Gasteiger charge is 2.14. The summed E-state index contributed by atoms with van der Waals surface area (Å²) in [4.78, 5) is 7.86. The number of nitrogens with zero attached hydrogens (tertiary/aromatic N) is 1. The van der Waals surface area contributed by atoms with Gasteiger partial charge < -0.3 is 4.98 Å². The average molecular weight is 282 g/mol. The highest BCUT2D eigenvalue weighted by atomic mass is 32.2. The highest BCUT2D eigenvalue weighted by molar-refractivity contribution is 7.99. The summed E-state index contributed by atoms with van der Waals surface area (Å²) in [5.74, 6) is 2.49. The van der Waals surface area contributed by atoms with Gasteiger partial charge in [0.1, 0.15) is 10.5 Å². The normalized spacial score (nSPS) is 17.3. The predicted molar refractivity (Wildman–Crippen MR) is 81.7 cm³/mol. The number of hydrogen-bond acceptors (Lipinski definition) is 3. The number of H-pyrrole nitrogens is 1. The lowest BCUT2D eigenvalue weighted by Crippen LogP contribution is -2.09. The topological polar surface area (TPSA) is 28.7 Å². The van der Waals surface area contributed by atoms with Gasteiger partial charge in [-0.05, 0) is 24.8 Å². The van der Waals surface area contributed by atoms with E-state index in [0.717, 1.165) is 21.5 Å². The molecule has 1 saturated carbocycles. The van der Waals surface area contributed by atoms with Crippen molar-refractivity contribution >= 4 is 24.0 Å². The number of nitrogens with one attached hydrogen (secondary N) is 1. The lowest BCUT2D eigenvalue weighted by Gasteiger charge is -2.20. The zero-order chi connectivity index (χ0) is 13.0. The average Bonchev–Trinajstić information content (AvgIpc) is 2.37. The van der Waals surface area contributed by atoms with Crippen molar-refractivity contribution < 1.29 is 0 Å². The molecule has 1 aliphatic carbocycles. The van der Waals surface area contributed by atoms with Crippen LogP contribution in [-0.2, 0) is 5.75 Å². The molecular weight excluding hydrogens is 260 g/mol. The Labute approximate surface area is 119 Å². The fraction of sp³-hybridized carbons (Fsp3) is 0.714. The summed E-state index contributed by atoms with van der Waals surface area (Å²) in [6.45, 7) is 4.36. The first-order valence-corrected chi connectivity index (χ1v) is 8.32. The van der Waals surface area contributed by atoms with Gasteiger partial charge in [0, 0.05) is 10.9 Å². The third kappa shape index (κ3) is 4.09. The third-order valence-electron chi connectivity index (χ3n) is 3.44. The summed E-state index contributed by atoms with van der Waals surface area (Å²) in [5, 5.41) is 0.824. The van der Waals surface area contributed by atoms with Crippen LogP contribution in [0, 0.1) is 4.64 Å². The van der Waals surface area contributed by atoms with Crippen LogP contribution in [0.2, 0.25) is 0 Å². The van der Waals surface area contributed by atoms with Crippen molar-refractivity contribution in [2.45, 2.75) is 62.9 Å². The monoisotopic (exact) mass is 282 g/mol. The molecule has 2 rings (SSSR count). The van der Waals surface area contributed by atoms with E-state index in [1.165, 1.54) is 37.8 Å². The summed E-state index contributed by atoms with van der Waals surface area (Å²) >= 11 is 7.28. The van der Waals surface area contributed by atoms with Crippen LogP contribution in [0.25, 0.3) is 0 Å². The van der Waals surface area contributed by atoms with Crippen molar-refractivity contribution in [2.24, 2.45) is 0 Å². The minimum absolute atomic E-state index is 0.480. The summed E-state index contributed by atoms with van der Waals surface area (Å²) in [6, 6.07) is 1.98. The van der Waals surface area contributed by atoms with Crippen molar-refractivity contribution in [3.8, 4) is 0 Å². The second-order valence-corrected chi connectivity index (χ2v) is 7.05. The molecule has 0 saturated heterocycles. The first-order valence-electron chi connectivity index (χ1n) is 6.87. The lowest BCUT2D eigenvalue weighted by atomic mass is 10.0. The molecular formula is C14H22N2S2. The lowest BCUT2D eigenvalue weighted by molar-refractivity contribution is 0.516. The second kappa shape index (κ2) is 6.71.